The minimum atomic E-state index is -0.744. The zero-order chi connectivity index (χ0) is 14.0. The van der Waals surface area contributed by atoms with Gasteiger partial charge in [-0.15, -0.1) is 0 Å². The Bertz CT molecular complexity index is 473. The predicted molar refractivity (Wildman–Crippen MR) is 79.3 cm³/mol. The molecule has 0 spiro atoms. The first kappa shape index (κ1) is 14.5. The van der Waals surface area contributed by atoms with Gasteiger partial charge >= 0.3 is 5.97 Å². The van der Waals surface area contributed by atoms with E-state index in [1.807, 2.05) is 6.07 Å². The summed E-state index contributed by atoms with van der Waals surface area (Å²) in [5.74, 6) is -0.273. The van der Waals surface area contributed by atoms with Gasteiger partial charge in [0, 0.05) is 17.1 Å². The normalized spacial score (nSPS) is 18.1. The van der Waals surface area contributed by atoms with Crippen molar-refractivity contribution < 1.29 is 9.90 Å². The molecular formula is C15H20BrNO2. The number of benzene rings is 1. The number of rotatable bonds is 5. The van der Waals surface area contributed by atoms with Crippen molar-refractivity contribution >= 4 is 21.9 Å². The largest absolute Gasteiger partial charge is 0.480 e. The molecule has 0 heterocycles. The number of fused-ring (bicyclic) bond motifs is 1. The number of carboxylic acid groups (broad SMARTS) is 1. The van der Waals surface area contributed by atoms with E-state index in [9.17, 15) is 4.79 Å². The molecule has 1 N–H and O–H groups in total. The number of carbonyl (C=O) groups is 1. The Balaban J connectivity index is 2.22. The van der Waals surface area contributed by atoms with Crippen molar-refractivity contribution in [2.45, 2.75) is 32.7 Å². The summed E-state index contributed by atoms with van der Waals surface area (Å²) in [7, 11) is 0. The Morgan fingerprint density at radius 3 is 2.89 bits per heavy atom. The van der Waals surface area contributed by atoms with Crippen LogP contribution in [0.4, 0.5) is 0 Å². The quantitative estimate of drug-likeness (QED) is 0.901. The van der Waals surface area contributed by atoms with Crippen LogP contribution in [0.15, 0.2) is 22.7 Å². The summed E-state index contributed by atoms with van der Waals surface area (Å²) in [5, 5.41) is 9.10. The van der Waals surface area contributed by atoms with Crippen molar-refractivity contribution in [3.63, 3.8) is 0 Å². The number of carboxylic acids is 1. The molecule has 0 bridgehead atoms. The summed E-state index contributed by atoms with van der Waals surface area (Å²) >= 11 is 3.49. The highest BCUT2D eigenvalue weighted by atomic mass is 79.9. The predicted octanol–water partition coefficient (Wildman–Crippen LogP) is 3.48. The lowest BCUT2D eigenvalue weighted by Gasteiger charge is -2.29. The summed E-state index contributed by atoms with van der Waals surface area (Å²) in [6, 6.07) is 6.59. The monoisotopic (exact) mass is 325 g/mol. The van der Waals surface area contributed by atoms with Gasteiger partial charge in [0.1, 0.15) is 0 Å². The summed E-state index contributed by atoms with van der Waals surface area (Å²) < 4.78 is 1.10. The van der Waals surface area contributed by atoms with E-state index in [0.29, 0.717) is 5.92 Å². The van der Waals surface area contributed by atoms with Crippen LogP contribution in [-0.2, 0) is 11.2 Å². The maximum absolute atomic E-state index is 11.1. The Morgan fingerprint density at radius 2 is 2.26 bits per heavy atom. The average Bonchev–Trinajstić information content (AvgIpc) is 2.69. The fourth-order valence-electron chi connectivity index (χ4n) is 2.89. The van der Waals surface area contributed by atoms with Crippen molar-refractivity contribution in [1.82, 2.24) is 4.90 Å². The molecule has 1 aliphatic rings. The minimum absolute atomic E-state index is 0.123. The third-order valence-corrected chi connectivity index (χ3v) is 4.02. The fraction of sp³-hybridized carbons (Fsp3) is 0.533. The molecule has 0 aliphatic heterocycles. The molecule has 1 atom stereocenters. The van der Waals surface area contributed by atoms with Crippen LogP contribution in [0.5, 0.6) is 0 Å². The maximum atomic E-state index is 11.1. The van der Waals surface area contributed by atoms with Crippen LogP contribution in [0, 0.1) is 5.92 Å². The second-order valence-corrected chi connectivity index (χ2v) is 6.53. The second-order valence-electron chi connectivity index (χ2n) is 5.61. The molecule has 0 aromatic heterocycles. The van der Waals surface area contributed by atoms with Gasteiger partial charge in [0.2, 0.25) is 0 Å². The van der Waals surface area contributed by atoms with E-state index in [1.54, 1.807) is 0 Å². The van der Waals surface area contributed by atoms with E-state index in [0.717, 1.165) is 23.9 Å². The van der Waals surface area contributed by atoms with Crippen LogP contribution in [0.2, 0.25) is 0 Å². The molecule has 4 heteroatoms. The van der Waals surface area contributed by atoms with E-state index in [2.05, 4.69) is 46.8 Å². The molecule has 0 fully saturated rings. The van der Waals surface area contributed by atoms with Gasteiger partial charge in [-0.25, -0.2) is 0 Å². The first-order valence-electron chi connectivity index (χ1n) is 6.71. The van der Waals surface area contributed by atoms with Gasteiger partial charge in [-0.1, -0.05) is 35.8 Å². The van der Waals surface area contributed by atoms with Crippen molar-refractivity contribution in [2.24, 2.45) is 5.92 Å². The van der Waals surface area contributed by atoms with Gasteiger partial charge in [0.25, 0.3) is 0 Å². The maximum Gasteiger partial charge on any atom is 0.317 e. The van der Waals surface area contributed by atoms with Gasteiger partial charge in [-0.3, -0.25) is 9.69 Å². The van der Waals surface area contributed by atoms with Gasteiger partial charge in [-0.2, -0.15) is 0 Å². The Kier molecular flexibility index (Phi) is 4.63. The third-order valence-electron chi connectivity index (χ3n) is 3.53. The first-order valence-corrected chi connectivity index (χ1v) is 7.51. The molecule has 2 rings (SSSR count). The van der Waals surface area contributed by atoms with Gasteiger partial charge < -0.3 is 5.11 Å². The van der Waals surface area contributed by atoms with E-state index in [1.165, 1.54) is 11.1 Å². The second kappa shape index (κ2) is 6.06. The smallest absolute Gasteiger partial charge is 0.317 e. The van der Waals surface area contributed by atoms with Crippen molar-refractivity contribution in [2.75, 3.05) is 13.1 Å². The van der Waals surface area contributed by atoms with E-state index >= 15 is 0 Å². The zero-order valence-electron chi connectivity index (χ0n) is 11.4. The van der Waals surface area contributed by atoms with Crippen LogP contribution in [0.25, 0.3) is 0 Å². The van der Waals surface area contributed by atoms with Crippen molar-refractivity contribution in [3.05, 3.63) is 33.8 Å². The lowest BCUT2D eigenvalue weighted by atomic mass is 10.1. The molecule has 0 amide bonds. The Labute approximate surface area is 122 Å². The van der Waals surface area contributed by atoms with Crippen LogP contribution >= 0.6 is 15.9 Å². The summed E-state index contributed by atoms with van der Waals surface area (Å²) in [6.07, 6.45) is 2.06. The highest BCUT2D eigenvalue weighted by Gasteiger charge is 2.29. The van der Waals surface area contributed by atoms with Crippen LogP contribution in [0.1, 0.15) is 37.4 Å². The number of hydrogen-bond acceptors (Lipinski definition) is 2. The lowest BCUT2D eigenvalue weighted by Crippen LogP contribution is -2.35. The highest BCUT2D eigenvalue weighted by molar-refractivity contribution is 9.10. The molecule has 19 heavy (non-hydrogen) atoms. The van der Waals surface area contributed by atoms with Crippen molar-refractivity contribution in [3.8, 4) is 0 Å². The Morgan fingerprint density at radius 1 is 1.53 bits per heavy atom. The van der Waals surface area contributed by atoms with Crippen molar-refractivity contribution in [1.29, 1.82) is 0 Å². The molecule has 3 nitrogen and oxygen atoms in total. The molecule has 0 saturated carbocycles. The van der Waals surface area contributed by atoms with E-state index < -0.39 is 5.97 Å². The van der Waals surface area contributed by atoms with Gasteiger partial charge in [-0.05, 0) is 42.0 Å². The molecule has 1 unspecified atom stereocenters. The van der Waals surface area contributed by atoms with Crippen LogP contribution in [0.3, 0.4) is 0 Å². The third kappa shape index (κ3) is 3.57. The number of halogens is 1. The molecule has 1 aromatic carbocycles. The summed E-state index contributed by atoms with van der Waals surface area (Å²) in [6.45, 7) is 5.21. The Hall–Kier alpha value is -0.870. The lowest BCUT2D eigenvalue weighted by molar-refractivity contribution is -0.139. The molecule has 1 aromatic rings. The number of aryl methyl sites for hydroxylation is 1. The topological polar surface area (TPSA) is 40.5 Å². The standard InChI is InChI=1S/C15H20BrNO2/c1-10(2)8-17(9-15(18)19)14-6-3-11-7-12(16)4-5-13(11)14/h4-5,7,10,14H,3,6,8-9H2,1-2H3,(H,18,19). The number of hydrogen-bond donors (Lipinski definition) is 1. The summed E-state index contributed by atoms with van der Waals surface area (Å²) in [4.78, 5) is 13.2. The fourth-order valence-corrected chi connectivity index (χ4v) is 3.30. The van der Waals surface area contributed by atoms with Gasteiger partial charge in [0.05, 0.1) is 6.54 Å². The molecule has 1 aliphatic carbocycles. The van der Waals surface area contributed by atoms with Gasteiger partial charge in [0.15, 0.2) is 0 Å². The minimum Gasteiger partial charge on any atom is -0.480 e. The highest BCUT2D eigenvalue weighted by Crippen LogP contribution is 2.37. The first-order chi connectivity index (χ1) is 8.97. The van der Waals surface area contributed by atoms with E-state index in [4.69, 9.17) is 5.11 Å². The zero-order valence-corrected chi connectivity index (χ0v) is 13.0. The molecular weight excluding hydrogens is 306 g/mol. The van der Waals surface area contributed by atoms with Crippen LogP contribution < -0.4 is 0 Å². The van der Waals surface area contributed by atoms with E-state index in [-0.39, 0.29) is 12.6 Å². The SMILES string of the molecule is CC(C)CN(CC(=O)O)C1CCc2cc(Br)ccc21. The number of nitrogens with zero attached hydrogens (tertiary/aromatic N) is 1. The molecule has 104 valence electrons. The number of aliphatic carboxylic acids is 1. The molecule has 0 radical (unpaired) electrons. The van der Waals surface area contributed by atoms with Crippen LogP contribution in [-0.4, -0.2) is 29.1 Å². The summed E-state index contributed by atoms with van der Waals surface area (Å²) in [5.41, 5.74) is 2.64. The molecule has 0 saturated heterocycles. The average molecular weight is 326 g/mol.